The van der Waals surface area contributed by atoms with E-state index in [1.54, 1.807) is 24.3 Å². The topological polar surface area (TPSA) is 65.1 Å². The second-order valence-corrected chi connectivity index (χ2v) is 6.60. The molecule has 0 bridgehead atoms. The van der Waals surface area contributed by atoms with Gasteiger partial charge in [-0.15, -0.1) is 0 Å². The number of fused-ring (bicyclic) bond motifs is 1. The Balaban J connectivity index is 1.24. The Labute approximate surface area is 157 Å². The molecule has 0 aromatic heterocycles. The lowest BCUT2D eigenvalue weighted by atomic mass is 10.1. The van der Waals surface area contributed by atoms with Crippen LogP contribution in [0.25, 0.3) is 0 Å². The lowest BCUT2D eigenvalue weighted by Gasteiger charge is -2.33. The Hall–Kier alpha value is -2.54. The largest absolute Gasteiger partial charge is 0.377 e. The average Bonchev–Trinajstić information content (AvgIpc) is 2.97. The van der Waals surface area contributed by atoms with Gasteiger partial charge in [-0.05, 0) is 17.7 Å². The molecular weight excluding hydrogens is 346 g/mol. The first-order valence-electron chi connectivity index (χ1n) is 9.06. The van der Waals surface area contributed by atoms with Crippen LogP contribution in [0, 0.1) is 0 Å². The third-order valence-electron chi connectivity index (χ3n) is 4.75. The number of ether oxygens (including phenoxy) is 3. The van der Waals surface area contributed by atoms with Crippen molar-refractivity contribution < 1.29 is 23.8 Å². The zero-order valence-electron chi connectivity index (χ0n) is 14.9. The third-order valence-corrected chi connectivity index (χ3v) is 4.75. The van der Waals surface area contributed by atoms with Crippen molar-refractivity contribution >= 4 is 11.8 Å². The Morgan fingerprint density at radius 3 is 2.11 bits per heavy atom. The van der Waals surface area contributed by atoms with Gasteiger partial charge in [-0.1, -0.05) is 42.5 Å². The maximum Gasteiger partial charge on any atom is 0.261 e. The minimum absolute atomic E-state index is 0.273. The van der Waals surface area contributed by atoms with Crippen molar-refractivity contribution in [2.45, 2.75) is 25.4 Å². The van der Waals surface area contributed by atoms with Crippen LogP contribution in [0.3, 0.4) is 0 Å². The molecule has 1 fully saturated rings. The number of amides is 2. The van der Waals surface area contributed by atoms with E-state index in [4.69, 9.17) is 14.2 Å². The van der Waals surface area contributed by atoms with E-state index in [0.717, 1.165) is 5.56 Å². The van der Waals surface area contributed by atoms with Gasteiger partial charge in [0, 0.05) is 6.42 Å². The molecule has 0 N–H and O–H groups in total. The van der Waals surface area contributed by atoms with Crippen LogP contribution >= 0.6 is 0 Å². The lowest BCUT2D eigenvalue weighted by Crippen LogP contribution is -2.50. The minimum atomic E-state index is -0.404. The molecule has 4 rings (SSSR count). The molecule has 0 saturated carbocycles. The summed E-state index contributed by atoms with van der Waals surface area (Å²) in [6, 6.07) is 16.4. The molecule has 0 spiro atoms. The Bertz CT molecular complexity index is 779. The molecule has 1 saturated heterocycles. The number of benzene rings is 2. The molecule has 27 heavy (non-hydrogen) atoms. The Kier molecular flexibility index (Phi) is 5.29. The molecule has 0 radical (unpaired) electrons. The predicted molar refractivity (Wildman–Crippen MR) is 97.1 cm³/mol. The summed E-state index contributed by atoms with van der Waals surface area (Å²) in [7, 11) is 0. The van der Waals surface area contributed by atoms with Gasteiger partial charge < -0.3 is 14.2 Å². The molecule has 0 unspecified atom stereocenters. The number of imide groups is 1. The van der Waals surface area contributed by atoms with E-state index in [9.17, 15) is 9.59 Å². The first-order chi connectivity index (χ1) is 13.2. The van der Waals surface area contributed by atoms with Gasteiger partial charge in [0.15, 0.2) is 6.29 Å². The van der Waals surface area contributed by atoms with Crippen LogP contribution in [0.1, 0.15) is 32.7 Å². The van der Waals surface area contributed by atoms with Crippen LogP contribution in [-0.2, 0) is 20.8 Å². The molecule has 0 aliphatic carbocycles. The predicted octanol–water partition coefficient (Wildman–Crippen LogP) is 2.63. The van der Waals surface area contributed by atoms with Crippen LogP contribution in [0.15, 0.2) is 54.6 Å². The fourth-order valence-corrected chi connectivity index (χ4v) is 3.33. The minimum Gasteiger partial charge on any atom is -0.377 e. The molecule has 2 aliphatic heterocycles. The van der Waals surface area contributed by atoms with Crippen molar-refractivity contribution in [2.75, 3.05) is 19.8 Å². The number of hydrogen-bond acceptors (Lipinski definition) is 5. The van der Waals surface area contributed by atoms with Gasteiger partial charge in [-0.25, -0.2) is 0 Å². The monoisotopic (exact) mass is 367 g/mol. The lowest BCUT2D eigenvalue weighted by molar-refractivity contribution is -0.204. The maximum atomic E-state index is 12.5. The second kappa shape index (κ2) is 8.00. The highest BCUT2D eigenvalue weighted by Gasteiger charge is 2.41. The zero-order valence-corrected chi connectivity index (χ0v) is 14.9. The van der Waals surface area contributed by atoms with Crippen molar-refractivity contribution in [3.8, 4) is 0 Å². The van der Waals surface area contributed by atoms with Gasteiger partial charge in [-0.2, -0.15) is 0 Å². The summed E-state index contributed by atoms with van der Waals surface area (Å²) in [5.41, 5.74) is 2.01. The molecule has 2 aliphatic rings. The molecule has 2 amide bonds. The van der Waals surface area contributed by atoms with Gasteiger partial charge in [0.1, 0.15) is 0 Å². The SMILES string of the molecule is O=C1c2ccccc2C(=O)N1[C@H]1CO[C@H](CCOCc2ccccc2)OC1. The molecule has 2 aromatic carbocycles. The van der Waals surface area contributed by atoms with E-state index in [2.05, 4.69) is 0 Å². The van der Waals surface area contributed by atoms with Crippen LogP contribution in [-0.4, -0.2) is 48.9 Å². The summed E-state index contributed by atoms with van der Waals surface area (Å²) in [5, 5.41) is 0. The third kappa shape index (κ3) is 3.78. The van der Waals surface area contributed by atoms with Crippen LogP contribution in [0.4, 0.5) is 0 Å². The molecule has 140 valence electrons. The van der Waals surface area contributed by atoms with Gasteiger partial charge in [-0.3, -0.25) is 14.5 Å². The van der Waals surface area contributed by atoms with Crippen molar-refractivity contribution in [2.24, 2.45) is 0 Å². The Morgan fingerprint density at radius 2 is 1.48 bits per heavy atom. The normalized spacial score (nSPS) is 22.1. The number of carbonyl (C=O) groups excluding carboxylic acids is 2. The highest BCUT2D eigenvalue weighted by molar-refractivity contribution is 6.21. The smallest absolute Gasteiger partial charge is 0.261 e. The number of rotatable bonds is 6. The highest BCUT2D eigenvalue weighted by Crippen LogP contribution is 2.26. The first-order valence-corrected chi connectivity index (χ1v) is 9.06. The number of hydrogen-bond donors (Lipinski definition) is 0. The highest BCUT2D eigenvalue weighted by atomic mass is 16.7. The van der Waals surface area contributed by atoms with Crippen molar-refractivity contribution in [3.63, 3.8) is 0 Å². The van der Waals surface area contributed by atoms with E-state index < -0.39 is 6.04 Å². The Morgan fingerprint density at radius 1 is 0.889 bits per heavy atom. The molecule has 0 atom stereocenters. The molecule has 6 nitrogen and oxygen atoms in total. The molecular formula is C21H21NO5. The fourth-order valence-electron chi connectivity index (χ4n) is 3.33. The second-order valence-electron chi connectivity index (χ2n) is 6.60. The van der Waals surface area contributed by atoms with Gasteiger partial charge in [0.25, 0.3) is 11.8 Å². The van der Waals surface area contributed by atoms with E-state index in [1.807, 2.05) is 30.3 Å². The summed E-state index contributed by atoms with van der Waals surface area (Å²) >= 11 is 0. The number of carbonyl (C=O) groups is 2. The average molecular weight is 367 g/mol. The van der Waals surface area contributed by atoms with Gasteiger partial charge >= 0.3 is 0 Å². The van der Waals surface area contributed by atoms with Crippen LogP contribution in [0.5, 0.6) is 0 Å². The molecule has 2 heterocycles. The fraction of sp³-hybridized carbons (Fsp3) is 0.333. The summed E-state index contributed by atoms with van der Waals surface area (Å²) in [6.45, 7) is 1.60. The quantitative estimate of drug-likeness (QED) is 0.580. The summed E-state index contributed by atoms with van der Waals surface area (Å²) < 4.78 is 17.1. The van der Waals surface area contributed by atoms with E-state index in [0.29, 0.717) is 30.8 Å². The molecule has 2 aromatic rings. The van der Waals surface area contributed by atoms with E-state index in [1.165, 1.54) is 4.90 Å². The summed E-state index contributed by atoms with van der Waals surface area (Å²) in [5.74, 6) is -0.560. The molecule has 6 heteroatoms. The standard InChI is InChI=1S/C21H21NO5/c23-20-17-8-4-5-9-18(17)21(24)22(20)16-13-26-19(27-14-16)10-11-25-12-15-6-2-1-3-7-15/h1-9,16,19H,10-14H2/t16-,19-. The van der Waals surface area contributed by atoms with E-state index >= 15 is 0 Å². The maximum absolute atomic E-state index is 12.5. The summed E-state index contributed by atoms with van der Waals surface area (Å²) in [6.07, 6.45) is 0.217. The first kappa shape index (κ1) is 17.9. The van der Waals surface area contributed by atoms with Crippen molar-refractivity contribution in [1.82, 2.24) is 4.90 Å². The van der Waals surface area contributed by atoms with Gasteiger partial charge in [0.05, 0.1) is 43.6 Å². The van der Waals surface area contributed by atoms with Crippen molar-refractivity contribution in [1.29, 1.82) is 0 Å². The summed E-state index contributed by atoms with van der Waals surface area (Å²) in [4.78, 5) is 26.3. The van der Waals surface area contributed by atoms with Gasteiger partial charge in [0.2, 0.25) is 0 Å². The van der Waals surface area contributed by atoms with Crippen molar-refractivity contribution in [3.05, 3.63) is 71.3 Å². The van der Waals surface area contributed by atoms with Crippen LogP contribution in [0.2, 0.25) is 0 Å². The zero-order chi connectivity index (χ0) is 18.6. The van der Waals surface area contributed by atoms with E-state index in [-0.39, 0.29) is 31.3 Å². The number of nitrogens with zero attached hydrogens (tertiary/aromatic N) is 1. The van der Waals surface area contributed by atoms with Crippen LogP contribution < -0.4 is 0 Å².